The molecule has 0 aliphatic heterocycles. The summed E-state index contributed by atoms with van der Waals surface area (Å²) in [5.41, 5.74) is 1.83. The Morgan fingerprint density at radius 1 is 1.44 bits per heavy atom. The van der Waals surface area contributed by atoms with Crippen molar-refractivity contribution in [3.63, 3.8) is 0 Å². The van der Waals surface area contributed by atoms with Crippen molar-refractivity contribution in [3.8, 4) is 0 Å². The molecule has 2 nitrogen and oxygen atoms in total. The highest BCUT2D eigenvalue weighted by Crippen LogP contribution is 2.30. The van der Waals surface area contributed by atoms with E-state index in [0.29, 0.717) is 12.5 Å². The van der Waals surface area contributed by atoms with E-state index in [4.69, 9.17) is 16.3 Å². The predicted molar refractivity (Wildman–Crippen MR) is 71.7 cm³/mol. The molecule has 0 aromatic heterocycles. The molecule has 88 valence electrons. The van der Waals surface area contributed by atoms with Gasteiger partial charge in [0.1, 0.15) is 0 Å². The Labute approximate surface area is 117 Å². The maximum Gasteiger partial charge on any atom is 0.310 e. The smallest absolute Gasteiger partial charge is 0.310 e. The van der Waals surface area contributed by atoms with E-state index >= 15 is 0 Å². The van der Waals surface area contributed by atoms with Crippen molar-refractivity contribution >= 4 is 49.4 Å². The summed E-state index contributed by atoms with van der Waals surface area (Å²) in [6, 6.07) is 3.80. The Morgan fingerprint density at radius 3 is 2.69 bits per heavy atom. The number of rotatable bonds is 4. The summed E-state index contributed by atoms with van der Waals surface area (Å²) in [7, 11) is 0. The molecule has 16 heavy (non-hydrogen) atoms. The van der Waals surface area contributed by atoms with Crippen molar-refractivity contribution in [2.24, 2.45) is 0 Å². The Kier molecular flexibility index (Phi) is 5.79. The first kappa shape index (κ1) is 14.0. The molecule has 0 atom stereocenters. The van der Waals surface area contributed by atoms with E-state index in [9.17, 15) is 4.79 Å². The van der Waals surface area contributed by atoms with Gasteiger partial charge in [-0.1, -0.05) is 37.9 Å². The van der Waals surface area contributed by atoms with Gasteiger partial charge in [0.15, 0.2) is 0 Å². The second-order valence-electron chi connectivity index (χ2n) is 3.11. The lowest BCUT2D eigenvalue weighted by Gasteiger charge is -2.10. The van der Waals surface area contributed by atoms with E-state index in [2.05, 4.69) is 31.9 Å². The molecule has 0 unspecified atom stereocenters. The highest BCUT2D eigenvalue weighted by Gasteiger charge is 2.13. The average molecular weight is 370 g/mol. The number of hydrogen-bond acceptors (Lipinski definition) is 2. The van der Waals surface area contributed by atoms with Gasteiger partial charge in [0, 0.05) is 14.8 Å². The Hall–Kier alpha value is -0.0600. The third kappa shape index (κ3) is 3.47. The van der Waals surface area contributed by atoms with Gasteiger partial charge >= 0.3 is 5.97 Å². The second kappa shape index (κ2) is 6.62. The highest BCUT2D eigenvalue weighted by molar-refractivity contribution is 9.11. The van der Waals surface area contributed by atoms with Crippen LogP contribution in [0.3, 0.4) is 0 Å². The van der Waals surface area contributed by atoms with Crippen LogP contribution >= 0.6 is 43.5 Å². The Balaban J connectivity index is 2.98. The molecule has 0 spiro atoms. The lowest BCUT2D eigenvalue weighted by Crippen LogP contribution is -2.09. The number of ether oxygens (including phenoxy) is 1. The van der Waals surface area contributed by atoms with Gasteiger partial charge in [-0.05, 0) is 24.1 Å². The quantitative estimate of drug-likeness (QED) is 0.590. The first-order valence-corrected chi connectivity index (χ1v) is 6.89. The maximum absolute atomic E-state index is 11.4. The number of hydrogen-bond donors (Lipinski definition) is 0. The van der Waals surface area contributed by atoms with Crippen molar-refractivity contribution < 1.29 is 9.53 Å². The molecule has 0 heterocycles. The van der Waals surface area contributed by atoms with Crippen LogP contribution in [0.25, 0.3) is 0 Å². The summed E-state index contributed by atoms with van der Waals surface area (Å²) in [5.74, 6) is 0.166. The first-order valence-electron chi connectivity index (χ1n) is 4.77. The van der Waals surface area contributed by atoms with Gasteiger partial charge in [-0.3, -0.25) is 4.79 Å². The molecule has 1 aromatic carbocycles. The predicted octanol–water partition coefficient (Wildman–Crippen LogP) is 4.06. The minimum atomic E-state index is -0.240. The molecule has 0 radical (unpaired) electrons. The fourth-order valence-corrected chi connectivity index (χ4v) is 3.01. The number of carbonyl (C=O) groups excluding carboxylic acids is 1. The van der Waals surface area contributed by atoms with E-state index in [-0.39, 0.29) is 12.4 Å². The largest absolute Gasteiger partial charge is 0.466 e. The SMILES string of the molecule is CCOC(=O)Cc1c(Br)ccc(CCl)c1Br. The third-order valence-corrected chi connectivity index (χ3v) is 4.06. The molecular weight excluding hydrogens is 359 g/mol. The summed E-state index contributed by atoms with van der Waals surface area (Å²) in [6.07, 6.45) is 0.236. The van der Waals surface area contributed by atoms with E-state index in [1.807, 2.05) is 12.1 Å². The number of esters is 1. The van der Waals surface area contributed by atoms with Crippen LogP contribution in [0.4, 0.5) is 0 Å². The zero-order valence-corrected chi connectivity index (χ0v) is 12.7. The van der Waals surface area contributed by atoms with E-state index in [0.717, 1.165) is 20.1 Å². The molecule has 1 rings (SSSR count). The molecule has 5 heteroatoms. The van der Waals surface area contributed by atoms with Crippen molar-refractivity contribution in [1.82, 2.24) is 0 Å². The molecule has 0 saturated heterocycles. The van der Waals surface area contributed by atoms with Crippen LogP contribution in [0.5, 0.6) is 0 Å². The van der Waals surface area contributed by atoms with Crippen LogP contribution in [0.15, 0.2) is 21.1 Å². The van der Waals surface area contributed by atoms with Crippen molar-refractivity contribution in [2.75, 3.05) is 6.61 Å². The van der Waals surface area contributed by atoms with E-state index < -0.39 is 0 Å². The van der Waals surface area contributed by atoms with Crippen LogP contribution in [0.1, 0.15) is 18.1 Å². The number of benzene rings is 1. The molecule has 0 bridgehead atoms. The first-order chi connectivity index (χ1) is 7.60. The van der Waals surface area contributed by atoms with Gasteiger partial charge in [-0.15, -0.1) is 11.6 Å². The summed E-state index contributed by atoms with van der Waals surface area (Å²) in [6.45, 7) is 2.18. The van der Waals surface area contributed by atoms with Crippen molar-refractivity contribution in [1.29, 1.82) is 0 Å². The Bertz CT molecular complexity index is 394. The van der Waals surface area contributed by atoms with Gasteiger partial charge < -0.3 is 4.74 Å². The van der Waals surface area contributed by atoms with E-state index in [1.165, 1.54) is 0 Å². The van der Waals surface area contributed by atoms with Crippen LogP contribution in [0, 0.1) is 0 Å². The van der Waals surface area contributed by atoms with Crippen molar-refractivity contribution in [3.05, 3.63) is 32.2 Å². The number of halogens is 3. The maximum atomic E-state index is 11.4. The fraction of sp³-hybridized carbons (Fsp3) is 0.364. The molecule has 0 fully saturated rings. The van der Waals surface area contributed by atoms with Gasteiger partial charge in [0.2, 0.25) is 0 Å². The van der Waals surface area contributed by atoms with Gasteiger partial charge in [0.05, 0.1) is 13.0 Å². The van der Waals surface area contributed by atoms with Crippen LogP contribution < -0.4 is 0 Å². The number of alkyl halides is 1. The zero-order chi connectivity index (χ0) is 12.1. The fourth-order valence-electron chi connectivity index (χ4n) is 1.27. The zero-order valence-electron chi connectivity index (χ0n) is 8.73. The van der Waals surface area contributed by atoms with E-state index in [1.54, 1.807) is 6.92 Å². The second-order valence-corrected chi connectivity index (χ2v) is 5.03. The molecule has 0 N–H and O–H groups in total. The highest BCUT2D eigenvalue weighted by atomic mass is 79.9. The lowest BCUT2D eigenvalue weighted by atomic mass is 10.1. The van der Waals surface area contributed by atoms with Gasteiger partial charge in [0.25, 0.3) is 0 Å². The molecule has 0 saturated carbocycles. The van der Waals surface area contributed by atoms with Gasteiger partial charge in [-0.2, -0.15) is 0 Å². The lowest BCUT2D eigenvalue weighted by molar-refractivity contribution is -0.142. The molecule has 0 aliphatic carbocycles. The minimum absolute atomic E-state index is 0.236. The van der Waals surface area contributed by atoms with Crippen molar-refractivity contribution in [2.45, 2.75) is 19.2 Å². The Morgan fingerprint density at radius 2 is 2.12 bits per heavy atom. The minimum Gasteiger partial charge on any atom is -0.466 e. The standard InChI is InChI=1S/C11H11Br2ClO2/c1-2-16-10(15)5-8-9(12)4-3-7(6-14)11(8)13/h3-4H,2,5-6H2,1H3. The molecule has 1 aromatic rings. The van der Waals surface area contributed by atoms with Crippen LogP contribution in [-0.2, 0) is 21.8 Å². The average Bonchev–Trinajstić information content (AvgIpc) is 2.25. The van der Waals surface area contributed by atoms with Crippen LogP contribution in [-0.4, -0.2) is 12.6 Å². The topological polar surface area (TPSA) is 26.3 Å². The molecular formula is C11H11Br2ClO2. The molecule has 0 amide bonds. The van der Waals surface area contributed by atoms with Crippen LogP contribution in [0.2, 0.25) is 0 Å². The molecule has 0 aliphatic rings. The number of carbonyl (C=O) groups is 1. The summed E-state index contributed by atoms with van der Waals surface area (Å²) < 4.78 is 6.66. The summed E-state index contributed by atoms with van der Waals surface area (Å²) >= 11 is 12.7. The normalized spacial score (nSPS) is 10.2. The monoisotopic (exact) mass is 368 g/mol. The summed E-state index contributed by atoms with van der Waals surface area (Å²) in [5, 5.41) is 0. The van der Waals surface area contributed by atoms with Gasteiger partial charge in [-0.25, -0.2) is 0 Å². The summed E-state index contributed by atoms with van der Waals surface area (Å²) in [4.78, 5) is 11.4. The third-order valence-electron chi connectivity index (χ3n) is 2.04.